The Bertz CT molecular complexity index is 369. The van der Waals surface area contributed by atoms with Crippen molar-refractivity contribution in [2.75, 3.05) is 0 Å². The van der Waals surface area contributed by atoms with Gasteiger partial charge in [0, 0.05) is 12.8 Å². The van der Waals surface area contributed by atoms with Crippen molar-refractivity contribution in [3.8, 4) is 0 Å². The van der Waals surface area contributed by atoms with Gasteiger partial charge in [0.1, 0.15) is 12.1 Å². The minimum absolute atomic E-state index is 0.157. The maximum Gasteiger partial charge on any atom is 0.330 e. The first-order chi connectivity index (χ1) is 8.73. The maximum atomic E-state index is 11.2. The van der Waals surface area contributed by atoms with Crippen LogP contribution < -0.4 is 11.5 Å². The first-order valence-corrected chi connectivity index (χ1v) is 5.44. The predicted molar refractivity (Wildman–Crippen MR) is 60.8 cm³/mol. The third kappa shape index (κ3) is 7.84. The number of hydrogen-bond acceptors (Lipinski definition) is 7. The zero-order valence-electron chi connectivity index (χ0n) is 10.1. The van der Waals surface area contributed by atoms with Crippen LogP contribution in [-0.2, 0) is 23.9 Å². The van der Waals surface area contributed by atoms with Crippen molar-refractivity contribution >= 4 is 23.9 Å². The molecule has 2 atom stereocenters. The van der Waals surface area contributed by atoms with E-state index in [1.54, 1.807) is 0 Å². The summed E-state index contributed by atoms with van der Waals surface area (Å²) in [7, 11) is 0. The summed E-state index contributed by atoms with van der Waals surface area (Å²) in [6.07, 6.45) is -0.999. The van der Waals surface area contributed by atoms with Crippen LogP contribution in [0.5, 0.6) is 0 Å². The fourth-order valence-corrected chi connectivity index (χ4v) is 1.03. The highest BCUT2D eigenvalue weighted by Gasteiger charge is 2.21. The predicted octanol–water partition coefficient (Wildman–Crippen LogP) is -1.56. The van der Waals surface area contributed by atoms with Gasteiger partial charge in [-0.2, -0.15) is 0 Å². The molecular formula is C10H16N2O7. The molecule has 2 unspecified atom stereocenters. The smallest absolute Gasteiger partial charge is 0.330 e. The molecule has 9 heteroatoms. The van der Waals surface area contributed by atoms with E-state index in [0.29, 0.717) is 0 Å². The molecule has 0 aromatic rings. The van der Waals surface area contributed by atoms with E-state index in [-0.39, 0.29) is 25.7 Å². The zero-order chi connectivity index (χ0) is 15.0. The number of carboxylic acids is 2. The number of carbonyl (C=O) groups is 4. The number of esters is 2. The molecule has 0 aliphatic heterocycles. The van der Waals surface area contributed by atoms with Gasteiger partial charge >= 0.3 is 23.9 Å². The van der Waals surface area contributed by atoms with Gasteiger partial charge in [0.25, 0.3) is 0 Å². The summed E-state index contributed by atoms with van der Waals surface area (Å²) in [6.45, 7) is 0. The molecule has 0 amide bonds. The molecule has 0 aliphatic carbocycles. The van der Waals surface area contributed by atoms with Gasteiger partial charge in [-0.15, -0.1) is 0 Å². The number of rotatable bonds is 8. The van der Waals surface area contributed by atoms with Gasteiger partial charge in [-0.25, -0.2) is 4.79 Å². The monoisotopic (exact) mass is 276 g/mol. The van der Waals surface area contributed by atoms with Crippen molar-refractivity contribution in [1.82, 2.24) is 0 Å². The molecule has 0 radical (unpaired) electrons. The lowest BCUT2D eigenvalue weighted by Gasteiger charge is -2.09. The Hall–Kier alpha value is -2.00. The van der Waals surface area contributed by atoms with Crippen LogP contribution >= 0.6 is 0 Å². The topological polar surface area (TPSA) is 170 Å². The number of nitrogens with two attached hydrogens (primary N) is 2. The fourth-order valence-electron chi connectivity index (χ4n) is 1.03. The molecule has 0 saturated carbocycles. The molecule has 0 aromatic heterocycles. The van der Waals surface area contributed by atoms with E-state index in [4.69, 9.17) is 21.7 Å². The molecule has 0 saturated heterocycles. The van der Waals surface area contributed by atoms with E-state index >= 15 is 0 Å². The van der Waals surface area contributed by atoms with Gasteiger partial charge < -0.3 is 26.4 Å². The van der Waals surface area contributed by atoms with Gasteiger partial charge in [0.2, 0.25) is 0 Å². The summed E-state index contributed by atoms with van der Waals surface area (Å²) in [5, 5.41) is 16.8. The lowest BCUT2D eigenvalue weighted by atomic mass is 10.1. The van der Waals surface area contributed by atoms with Crippen LogP contribution in [0.15, 0.2) is 0 Å². The summed E-state index contributed by atoms with van der Waals surface area (Å²) < 4.78 is 4.33. The van der Waals surface area contributed by atoms with Crippen molar-refractivity contribution in [1.29, 1.82) is 0 Å². The summed E-state index contributed by atoms with van der Waals surface area (Å²) in [5.41, 5.74) is 10.5. The number of ether oxygens (including phenoxy) is 1. The van der Waals surface area contributed by atoms with Crippen LogP contribution in [0.3, 0.4) is 0 Å². The second kappa shape index (κ2) is 8.16. The standard InChI is InChI=1S/C10H16N2O7/c11-5(9(16)17)2-4-8(15)19-10(18)6(12)1-3-7(13)14/h5-6H,1-4,11-12H2,(H,13,14)(H,16,17). The zero-order valence-corrected chi connectivity index (χ0v) is 10.1. The second-order valence-electron chi connectivity index (χ2n) is 3.82. The molecule has 0 spiro atoms. The van der Waals surface area contributed by atoms with E-state index in [0.717, 1.165) is 0 Å². The summed E-state index contributed by atoms with van der Waals surface area (Å²) >= 11 is 0. The van der Waals surface area contributed by atoms with E-state index in [1.807, 2.05) is 0 Å². The Labute approximate surface area is 108 Å². The molecule has 108 valence electrons. The van der Waals surface area contributed by atoms with E-state index in [9.17, 15) is 19.2 Å². The first-order valence-electron chi connectivity index (χ1n) is 5.44. The van der Waals surface area contributed by atoms with Crippen LogP contribution in [0.1, 0.15) is 25.7 Å². The van der Waals surface area contributed by atoms with Gasteiger partial charge in [0.15, 0.2) is 0 Å². The van der Waals surface area contributed by atoms with E-state index in [2.05, 4.69) is 4.74 Å². The lowest BCUT2D eigenvalue weighted by Crippen LogP contribution is -2.35. The first kappa shape index (κ1) is 17.0. The maximum absolute atomic E-state index is 11.2. The van der Waals surface area contributed by atoms with Gasteiger partial charge in [0.05, 0.1) is 0 Å². The second-order valence-corrected chi connectivity index (χ2v) is 3.82. The number of carboxylic acid groups (broad SMARTS) is 2. The highest BCUT2D eigenvalue weighted by atomic mass is 16.6. The lowest BCUT2D eigenvalue weighted by molar-refractivity contribution is -0.160. The van der Waals surface area contributed by atoms with Crippen LogP contribution in [0.4, 0.5) is 0 Å². The van der Waals surface area contributed by atoms with Crippen molar-refractivity contribution in [2.24, 2.45) is 11.5 Å². The Balaban J connectivity index is 4.01. The van der Waals surface area contributed by atoms with Crippen LogP contribution in [0, 0.1) is 0 Å². The average Bonchev–Trinajstić information content (AvgIpc) is 2.32. The van der Waals surface area contributed by atoms with Crippen LogP contribution in [-0.4, -0.2) is 46.2 Å². The Kier molecular flexibility index (Phi) is 7.30. The minimum Gasteiger partial charge on any atom is -0.481 e. The molecule has 0 fully saturated rings. The van der Waals surface area contributed by atoms with Gasteiger partial charge in [-0.3, -0.25) is 14.4 Å². The molecule has 0 heterocycles. The quantitative estimate of drug-likeness (QED) is 0.302. The molecule has 0 rings (SSSR count). The summed E-state index contributed by atoms with van der Waals surface area (Å²) in [4.78, 5) is 43.0. The largest absolute Gasteiger partial charge is 0.481 e. The van der Waals surface area contributed by atoms with Crippen LogP contribution in [0.25, 0.3) is 0 Å². The van der Waals surface area contributed by atoms with E-state index in [1.165, 1.54) is 0 Å². The fraction of sp³-hybridized carbons (Fsp3) is 0.600. The number of carbonyl (C=O) groups excluding carboxylic acids is 2. The Morgan fingerprint density at radius 3 is 1.95 bits per heavy atom. The normalized spacial score (nSPS) is 13.4. The Morgan fingerprint density at radius 1 is 0.947 bits per heavy atom. The van der Waals surface area contributed by atoms with Crippen molar-refractivity contribution in [3.63, 3.8) is 0 Å². The average molecular weight is 276 g/mol. The number of hydrogen-bond donors (Lipinski definition) is 4. The molecule has 0 aliphatic rings. The van der Waals surface area contributed by atoms with E-state index < -0.39 is 36.0 Å². The molecule has 6 N–H and O–H groups in total. The molecule has 0 bridgehead atoms. The summed E-state index contributed by atoms with van der Waals surface area (Å²) in [6, 6.07) is -2.43. The highest BCUT2D eigenvalue weighted by Crippen LogP contribution is 2.01. The molecule has 0 aromatic carbocycles. The molecule has 9 nitrogen and oxygen atoms in total. The number of aliphatic carboxylic acids is 2. The molecular weight excluding hydrogens is 260 g/mol. The Morgan fingerprint density at radius 2 is 1.47 bits per heavy atom. The third-order valence-corrected chi connectivity index (χ3v) is 2.16. The van der Waals surface area contributed by atoms with Gasteiger partial charge in [-0.05, 0) is 12.8 Å². The van der Waals surface area contributed by atoms with Gasteiger partial charge in [-0.1, -0.05) is 0 Å². The summed E-state index contributed by atoms with van der Waals surface area (Å²) in [5.74, 6) is -4.39. The highest BCUT2D eigenvalue weighted by molar-refractivity contribution is 5.88. The van der Waals surface area contributed by atoms with Crippen molar-refractivity contribution in [2.45, 2.75) is 37.8 Å². The van der Waals surface area contributed by atoms with Crippen molar-refractivity contribution < 1.29 is 34.1 Å². The van der Waals surface area contributed by atoms with Crippen LogP contribution in [0.2, 0.25) is 0 Å². The molecule has 19 heavy (non-hydrogen) atoms. The third-order valence-electron chi connectivity index (χ3n) is 2.16. The van der Waals surface area contributed by atoms with Crippen molar-refractivity contribution in [3.05, 3.63) is 0 Å². The SMILES string of the molecule is NC(CCC(=O)OC(=O)C(N)CCC(=O)O)C(=O)O. The minimum atomic E-state index is -1.27.